The van der Waals surface area contributed by atoms with E-state index in [-0.39, 0.29) is 5.60 Å². The predicted molar refractivity (Wildman–Crippen MR) is 91.8 cm³/mol. The fourth-order valence-electron chi connectivity index (χ4n) is 3.56. The second-order valence-electron chi connectivity index (χ2n) is 6.16. The molecule has 0 N–H and O–H groups in total. The van der Waals surface area contributed by atoms with Crippen LogP contribution >= 0.6 is 22.7 Å². The molecule has 2 aliphatic rings. The second kappa shape index (κ2) is 6.28. The van der Waals surface area contributed by atoms with E-state index in [2.05, 4.69) is 37.7 Å². The maximum Gasteiger partial charge on any atom is 0.185 e. The van der Waals surface area contributed by atoms with Crippen molar-refractivity contribution in [2.24, 2.45) is 0 Å². The highest BCUT2D eigenvalue weighted by atomic mass is 32.1. The summed E-state index contributed by atoms with van der Waals surface area (Å²) in [5, 5.41) is 5.36. The topological polar surface area (TPSA) is 28.6 Å². The first-order valence-electron chi connectivity index (χ1n) is 7.86. The number of nitrogens with zero attached hydrogens (tertiary/aromatic N) is 3. The highest BCUT2D eigenvalue weighted by Crippen LogP contribution is 2.33. The minimum absolute atomic E-state index is 0.0145. The van der Waals surface area contributed by atoms with Crippen LogP contribution in [0.4, 0.5) is 5.13 Å². The van der Waals surface area contributed by atoms with Crippen LogP contribution in [0.5, 0.6) is 0 Å². The van der Waals surface area contributed by atoms with Gasteiger partial charge in [0.15, 0.2) is 5.13 Å². The van der Waals surface area contributed by atoms with Crippen molar-refractivity contribution in [2.45, 2.75) is 25.0 Å². The van der Waals surface area contributed by atoms with E-state index in [1.54, 1.807) is 11.3 Å². The van der Waals surface area contributed by atoms with Crippen LogP contribution in [0.3, 0.4) is 0 Å². The number of piperidine rings is 1. The second-order valence-corrected chi connectivity index (χ2v) is 8.07. The summed E-state index contributed by atoms with van der Waals surface area (Å²) in [6.45, 7) is 6.05. The molecular formula is C16H21N3OS2. The van der Waals surface area contributed by atoms with E-state index >= 15 is 0 Å². The van der Waals surface area contributed by atoms with Crippen LogP contribution in [0.1, 0.15) is 17.7 Å². The largest absolute Gasteiger partial charge is 0.370 e. The Morgan fingerprint density at radius 2 is 2.23 bits per heavy atom. The summed E-state index contributed by atoms with van der Waals surface area (Å²) in [7, 11) is 0. The Morgan fingerprint density at radius 3 is 3.05 bits per heavy atom. The van der Waals surface area contributed by atoms with Gasteiger partial charge in [-0.2, -0.15) is 0 Å². The lowest BCUT2D eigenvalue weighted by atomic mass is 9.91. The van der Waals surface area contributed by atoms with E-state index in [9.17, 15) is 0 Å². The van der Waals surface area contributed by atoms with Gasteiger partial charge >= 0.3 is 0 Å². The average molecular weight is 335 g/mol. The summed E-state index contributed by atoms with van der Waals surface area (Å²) >= 11 is 3.58. The molecule has 4 rings (SSSR count). The molecule has 0 aromatic carbocycles. The molecular weight excluding hydrogens is 314 g/mol. The van der Waals surface area contributed by atoms with Crippen LogP contribution in [-0.2, 0) is 11.3 Å². The Morgan fingerprint density at radius 1 is 1.23 bits per heavy atom. The van der Waals surface area contributed by atoms with Crippen LogP contribution in [0.2, 0.25) is 0 Å². The number of hydrogen-bond acceptors (Lipinski definition) is 6. The molecule has 0 saturated carbocycles. The standard InChI is InChI=1S/C16H21N3OS2/c1-3-14(21-9-1)11-18-7-8-20-16(12-18)4-2-6-19(13-16)15-17-5-10-22-15/h1,3,5,9-10H,2,4,6-8,11-13H2. The molecule has 0 radical (unpaired) electrons. The minimum atomic E-state index is -0.0145. The summed E-state index contributed by atoms with van der Waals surface area (Å²) < 4.78 is 6.28. The molecule has 2 aromatic heterocycles. The number of morpholine rings is 1. The van der Waals surface area contributed by atoms with E-state index < -0.39 is 0 Å². The quantitative estimate of drug-likeness (QED) is 0.862. The van der Waals surface area contributed by atoms with E-state index in [4.69, 9.17) is 4.74 Å². The number of thiazole rings is 1. The third-order valence-corrected chi connectivity index (χ3v) is 6.21. The third kappa shape index (κ3) is 3.06. The zero-order valence-corrected chi connectivity index (χ0v) is 14.2. The molecule has 0 amide bonds. The fourth-order valence-corrected chi connectivity index (χ4v) is 4.98. The molecule has 2 saturated heterocycles. The van der Waals surface area contributed by atoms with Gasteiger partial charge < -0.3 is 9.64 Å². The zero-order valence-electron chi connectivity index (χ0n) is 12.6. The molecule has 4 heterocycles. The van der Waals surface area contributed by atoms with Crippen LogP contribution in [0.25, 0.3) is 0 Å². The summed E-state index contributed by atoms with van der Waals surface area (Å²) in [4.78, 5) is 10.9. The first-order valence-corrected chi connectivity index (χ1v) is 9.62. The average Bonchev–Trinajstić information content (AvgIpc) is 3.21. The van der Waals surface area contributed by atoms with E-state index in [1.165, 1.54) is 11.3 Å². The predicted octanol–water partition coefficient (Wildman–Crippen LogP) is 3.08. The summed E-state index contributed by atoms with van der Waals surface area (Å²) in [6, 6.07) is 4.37. The van der Waals surface area contributed by atoms with Gasteiger partial charge in [0.25, 0.3) is 0 Å². The van der Waals surface area contributed by atoms with Gasteiger partial charge in [-0.25, -0.2) is 4.98 Å². The van der Waals surface area contributed by atoms with Crippen molar-refractivity contribution in [3.8, 4) is 0 Å². The molecule has 2 fully saturated rings. The Hall–Kier alpha value is -0.950. The van der Waals surface area contributed by atoms with Gasteiger partial charge in [0.2, 0.25) is 0 Å². The molecule has 1 spiro atoms. The van der Waals surface area contributed by atoms with Gasteiger partial charge in [0, 0.05) is 42.6 Å². The SMILES string of the molecule is c1csc(CN2CCOC3(CCCN(c4nccs4)C3)C2)c1. The molecule has 22 heavy (non-hydrogen) atoms. The highest BCUT2D eigenvalue weighted by molar-refractivity contribution is 7.13. The maximum absolute atomic E-state index is 6.28. The van der Waals surface area contributed by atoms with Gasteiger partial charge in [0.1, 0.15) is 0 Å². The zero-order chi connectivity index (χ0) is 14.8. The molecule has 0 aliphatic carbocycles. The van der Waals surface area contributed by atoms with Crippen molar-refractivity contribution in [1.29, 1.82) is 0 Å². The maximum atomic E-state index is 6.28. The normalized spacial score (nSPS) is 26.6. The molecule has 0 bridgehead atoms. The van der Waals surface area contributed by atoms with Gasteiger partial charge in [-0.1, -0.05) is 6.07 Å². The first-order chi connectivity index (χ1) is 10.8. The van der Waals surface area contributed by atoms with Crippen molar-refractivity contribution in [3.63, 3.8) is 0 Å². The van der Waals surface area contributed by atoms with Gasteiger partial charge in [0.05, 0.1) is 18.8 Å². The molecule has 2 aromatic rings. The highest BCUT2D eigenvalue weighted by Gasteiger charge is 2.41. The molecule has 118 valence electrons. The fraction of sp³-hybridized carbons (Fsp3) is 0.562. The lowest BCUT2D eigenvalue weighted by Gasteiger charge is -2.48. The number of thiophene rings is 1. The molecule has 2 aliphatic heterocycles. The van der Waals surface area contributed by atoms with Crippen molar-refractivity contribution in [1.82, 2.24) is 9.88 Å². The third-order valence-electron chi connectivity index (χ3n) is 4.52. The lowest BCUT2D eigenvalue weighted by molar-refractivity contribution is -0.116. The number of rotatable bonds is 3. The molecule has 1 unspecified atom stereocenters. The first kappa shape index (κ1) is 14.6. The summed E-state index contributed by atoms with van der Waals surface area (Å²) in [6.07, 6.45) is 4.24. The lowest BCUT2D eigenvalue weighted by Crippen LogP contribution is -2.59. The van der Waals surface area contributed by atoms with Gasteiger partial charge in [-0.15, -0.1) is 22.7 Å². The van der Waals surface area contributed by atoms with Crippen LogP contribution in [0, 0.1) is 0 Å². The number of aromatic nitrogens is 1. The van der Waals surface area contributed by atoms with Crippen molar-refractivity contribution in [3.05, 3.63) is 34.0 Å². The Kier molecular flexibility index (Phi) is 4.17. The van der Waals surface area contributed by atoms with Crippen LogP contribution < -0.4 is 4.90 Å². The monoisotopic (exact) mass is 335 g/mol. The van der Waals surface area contributed by atoms with Crippen molar-refractivity contribution in [2.75, 3.05) is 37.7 Å². The molecule has 6 heteroatoms. The smallest absolute Gasteiger partial charge is 0.185 e. The van der Waals surface area contributed by atoms with Gasteiger partial charge in [-0.05, 0) is 24.3 Å². The van der Waals surface area contributed by atoms with Crippen LogP contribution in [0.15, 0.2) is 29.1 Å². The van der Waals surface area contributed by atoms with Crippen molar-refractivity contribution >= 4 is 27.8 Å². The minimum Gasteiger partial charge on any atom is -0.370 e. The Labute approximate surface area is 139 Å². The summed E-state index contributed by atoms with van der Waals surface area (Å²) in [5.41, 5.74) is -0.0145. The molecule has 1 atom stereocenters. The van der Waals surface area contributed by atoms with E-state index in [1.807, 2.05) is 17.5 Å². The number of ether oxygens (including phenoxy) is 1. The van der Waals surface area contributed by atoms with Crippen molar-refractivity contribution < 1.29 is 4.74 Å². The summed E-state index contributed by atoms with van der Waals surface area (Å²) in [5.74, 6) is 0. The molecule has 4 nitrogen and oxygen atoms in total. The van der Waals surface area contributed by atoms with E-state index in [0.717, 1.165) is 50.9 Å². The number of anilines is 1. The Balaban J connectivity index is 1.45. The van der Waals surface area contributed by atoms with Crippen LogP contribution in [-0.4, -0.2) is 48.3 Å². The number of hydrogen-bond donors (Lipinski definition) is 0. The van der Waals surface area contributed by atoms with Gasteiger partial charge in [-0.3, -0.25) is 4.90 Å². The van der Waals surface area contributed by atoms with E-state index in [0.29, 0.717) is 0 Å². The Bertz CT molecular complexity index is 583.